The molecule has 0 radical (unpaired) electrons. The molecule has 0 aromatic carbocycles. The van der Waals surface area contributed by atoms with Crippen LogP contribution >= 0.6 is 11.6 Å². The van der Waals surface area contributed by atoms with Crippen molar-refractivity contribution < 1.29 is 9.53 Å². The van der Waals surface area contributed by atoms with Gasteiger partial charge in [-0.2, -0.15) is 0 Å². The summed E-state index contributed by atoms with van der Waals surface area (Å²) in [4.78, 5) is 15.4. The number of hydrogen-bond donors (Lipinski definition) is 0. The summed E-state index contributed by atoms with van der Waals surface area (Å²) < 4.78 is 5.26. The molecular weight excluding hydrogens is 226 g/mol. The normalized spacial score (nSPS) is 10.4. The standard InChI is InChI=1S/C12H16ClNO2/c1-2-6-16-7-4-11(15)8-10-3-5-14-9-12(10)13/h3,5,9H,2,4,6-8H2,1H3. The Morgan fingerprint density at radius 1 is 1.50 bits per heavy atom. The second-order valence-corrected chi connectivity index (χ2v) is 3.95. The number of Topliss-reactive ketones (excluding diaryl/α,β-unsaturated/α-hetero) is 1. The minimum absolute atomic E-state index is 0.143. The Morgan fingerprint density at radius 2 is 2.31 bits per heavy atom. The molecule has 4 heteroatoms. The van der Waals surface area contributed by atoms with E-state index < -0.39 is 0 Å². The van der Waals surface area contributed by atoms with Crippen LogP contribution in [0.5, 0.6) is 0 Å². The molecule has 3 nitrogen and oxygen atoms in total. The zero-order valence-electron chi connectivity index (χ0n) is 9.41. The Labute approximate surface area is 101 Å². The van der Waals surface area contributed by atoms with Gasteiger partial charge in [0.1, 0.15) is 5.78 Å². The van der Waals surface area contributed by atoms with Crippen molar-refractivity contribution in [2.24, 2.45) is 0 Å². The third-order valence-electron chi connectivity index (χ3n) is 2.12. The molecule has 1 aromatic heterocycles. The molecule has 0 fully saturated rings. The van der Waals surface area contributed by atoms with Crippen LogP contribution in [0.15, 0.2) is 18.5 Å². The Hall–Kier alpha value is -0.930. The van der Waals surface area contributed by atoms with Crippen LogP contribution in [0.25, 0.3) is 0 Å². The first-order chi connectivity index (χ1) is 7.74. The highest BCUT2D eigenvalue weighted by molar-refractivity contribution is 6.31. The van der Waals surface area contributed by atoms with Crippen LogP contribution in [0.2, 0.25) is 5.02 Å². The van der Waals surface area contributed by atoms with E-state index in [1.807, 2.05) is 6.92 Å². The maximum Gasteiger partial charge on any atom is 0.139 e. The molecule has 0 aliphatic rings. The van der Waals surface area contributed by atoms with Crippen molar-refractivity contribution in [2.75, 3.05) is 13.2 Å². The fraction of sp³-hybridized carbons (Fsp3) is 0.500. The van der Waals surface area contributed by atoms with Gasteiger partial charge < -0.3 is 4.74 Å². The second kappa shape index (κ2) is 7.36. The quantitative estimate of drug-likeness (QED) is 0.689. The van der Waals surface area contributed by atoms with Crippen molar-refractivity contribution in [3.63, 3.8) is 0 Å². The molecule has 0 saturated carbocycles. The van der Waals surface area contributed by atoms with E-state index >= 15 is 0 Å². The molecule has 0 atom stereocenters. The number of aromatic nitrogens is 1. The summed E-state index contributed by atoms with van der Waals surface area (Å²) in [6.45, 7) is 3.25. The van der Waals surface area contributed by atoms with Gasteiger partial charge in [-0.1, -0.05) is 18.5 Å². The summed E-state index contributed by atoms with van der Waals surface area (Å²) in [6, 6.07) is 1.77. The molecule has 0 aliphatic carbocycles. The van der Waals surface area contributed by atoms with Gasteiger partial charge >= 0.3 is 0 Å². The van der Waals surface area contributed by atoms with Crippen LogP contribution in [0, 0.1) is 0 Å². The van der Waals surface area contributed by atoms with Gasteiger partial charge in [0.05, 0.1) is 11.6 Å². The van der Waals surface area contributed by atoms with E-state index in [4.69, 9.17) is 16.3 Å². The van der Waals surface area contributed by atoms with Gasteiger partial charge in [0.25, 0.3) is 0 Å². The number of carbonyl (C=O) groups excluding carboxylic acids is 1. The second-order valence-electron chi connectivity index (χ2n) is 3.54. The van der Waals surface area contributed by atoms with Crippen LogP contribution in [-0.4, -0.2) is 24.0 Å². The molecule has 0 spiro atoms. The fourth-order valence-corrected chi connectivity index (χ4v) is 1.47. The van der Waals surface area contributed by atoms with Gasteiger partial charge in [0.15, 0.2) is 0 Å². The van der Waals surface area contributed by atoms with Crippen LogP contribution in [0.1, 0.15) is 25.3 Å². The maximum absolute atomic E-state index is 11.6. The van der Waals surface area contributed by atoms with Crippen LogP contribution in [0.4, 0.5) is 0 Å². The average Bonchev–Trinajstić information content (AvgIpc) is 2.28. The highest BCUT2D eigenvalue weighted by atomic mass is 35.5. The van der Waals surface area contributed by atoms with E-state index in [1.165, 1.54) is 0 Å². The molecule has 1 heterocycles. The molecule has 0 saturated heterocycles. The van der Waals surface area contributed by atoms with Gasteiger partial charge in [-0.05, 0) is 18.1 Å². The Bertz CT molecular complexity index is 342. The van der Waals surface area contributed by atoms with Crippen molar-refractivity contribution in [3.8, 4) is 0 Å². The lowest BCUT2D eigenvalue weighted by Crippen LogP contribution is -2.08. The number of ether oxygens (including phenoxy) is 1. The van der Waals surface area contributed by atoms with Gasteiger partial charge in [-0.15, -0.1) is 0 Å². The van der Waals surface area contributed by atoms with Crippen molar-refractivity contribution in [3.05, 3.63) is 29.0 Å². The van der Waals surface area contributed by atoms with Crippen LogP contribution < -0.4 is 0 Å². The van der Waals surface area contributed by atoms with Crippen LogP contribution in [-0.2, 0) is 16.0 Å². The van der Waals surface area contributed by atoms with Gasteiger partial charge in [-0.25, -0.2) is 0 Å². The largest absolute Gasteiger partial charge is 0.381 e. The first-order valence-electron chi connectivity index (χ1n) is 5.42. The lowest BCUT2D eigenvalue weighted by Gasteiger charge is -2.03. The van der Waals surface area contributed by atoms with E-state index in [-0.39, 0.29) is 5.78 Å². The summed E-state index contributed by atoms with van der Waals surface area (Å²) >= 11 is 5.91. The van der Waals surface area contributed by atoms with E-state index in [0.717, 1.165) is 12.0 Å². The summed E-state index contributed by atoms with van der Waals surface area (Å²) in [5, 5.41) is 0.547. The van der Waals surface area contributed by atoms with Crippen molar-refractivity contribution in [2.45, 2.75) is 26.2 Å². The lowest BCUT2D eigenvalue weighted by molar-refractivity contribution is -0.119. The lowest BCUT2D eigenvalue weighted by atomic mass is 10.1. The minimum Gasteiger partial charge on any atom is -0.381 e. The van der Waals surface area contributed by atoms with Crippen molar-refractivity contribution in [1.82, 2.24) is 4.98 Å². The average molecular weight is 242 g/mol. The van der Waals surface area contributed by atoms with Crippen molar-refractivity contribution >= 4 is 17.4 Å². The van der Waals surface area contributed by atoms with Crippen molar-refractivity contribution in [1.29, 1.82) is 0 Å². The Morgan fingerprint density at radius 3 is 3.00 bits per heavy atom. The number of carbonyl (C=O) groups is 1. The highest BCUT2D eigenvalue weighted by Gasteiger charge is 2.06. The smallest absolute Gasteiger partial charge is 0.139 e. The number of hydrogen-bond acceptors (Lipinski definition) is 3. The van der Waals surface area contributed by atoms with Gasteiger partial charge in [-0.3, -0.25) is 9.78 Å². The fourth-order valence-electron chi connectivity index (χ4n) is 1.28. The predicted molar refractivity (Wildman–Crippen MR) is 63.7 cm³/mol. The van der Waals surface area contributed by atoms with Gasteiger partial charge in [0.2, 0.25) is 0 Å². The first-order valence-corrected chi connectivity index (χ1v) is 5.79. The molecular formula is C12H16ClNO2. The zero-order chi connectivity index (χ0) is 11.8. The molecule has 0 unspecified atom stereocenters. The molecule has 0 bridgehead atoms. The summed E-state index contributed by atoms with van der Waals surface area (Å²) in [5.41, 5.74) is 0.831. The zero-order valence-corrected chi connectivity index (χ0v) is 10.2. The highest BCUT2D eigenvalue weighted by Crippen LogP contribution is 2.14. The summed E-state index contributed by atoms with van der Waals surface area (Å²) in [6.07, 6.45) is 4.97. The number of halogens is 1. The first kappa shape index (κ1) is 13.1. The maximum atomic E-state index is 11.6. The number of rotatable bonds is 7. The topological polar surface area (TPSA) is 39.2 Å². The Kier molecular flexibility index (Phi) is 6.04. The number of nitrogens with zero attached hydrogens (tertiary/aromatic N) is 1. The molecule has 1 aromatic rings. The third kappa shape index (κ3) is 4.73. The van der Waals surface area contributed by atoms with Gasteiger partial charge in [0, 0.05) is 31.8 Å². The monoisotopic (exact) mass is 241 g/mol. The molecule has 88 valence electrons. The molecule has 16 heavy (non-hydrogen) atoms. The van der Waals surface area contributed by atoms with E-state index in [2.05, 4.69) is 4.98 Å². The number of pyridine rings is 1. The summed E-state index contributed by atoms with van der Waals surface area (Å²) in [7, 11) is 0. The SMILES string of the molecule is CCCOCCC(=O)Cc1ccncc1Cl. The van der Waals surface area contributed by atoms with Crippen LogP contribution in [0.3, 0.4) is 0 Å². The van der Waals surface area contributed by atoms with E-state index in [0.29, 0.717) is 31.1 Å². The Balaban J connectivity index is 2.32. The van der Waals surface area contributed by atoms with E-state index in [1.54, 1.807) is 18.5 Å². The summed E-state index contributed by atoms with van der Waals surface area (Å²) in [5.74, 6) is 0.143. The minimum atomic E-state index is 0.143. The van der Waals surface area contributed by atoms with E-state index in [9.17, 15) is 4.79 Å². The molecule has 1 rings (SSSR count). The molecule has 0 aliphatic heterocycles. The third-order valence-corrected chi connectivity index (χ3v) is 2.46. The molecule has 0 amide bonds. The molecule has 0 N–H and O–H groups in total. The number of ketones is 1. The predicted octanol–water partition coefficient (Wildman–Crippen LogP) is 2.66.